The number of nitrogens with zero attached hydrogens (tertiary/aromatic N) is 2. The van der Waals surface area contributed by atoms with E-state index in [1.54, 1.807) is 0 Å². The van der Waals surface area contributed by atoms with Crippen molar-refractivity contribution in [3.8, 4) is 0 Å². The fourth-order valence-electron chi connectivity index (χ4n) is 3.93. The summed E-state index contributed by atoms with van der Waals surface area (Å²) >= 11 is 0. The van der Waals surface area contributed by atoms with E-state index >= 15 is 0 Å². The minimum Gasteiger partial charge on any atom is -0.372 e. The van der Waals surface area contributed by atoms with E-state index < -0.39 is 0 Å². The zero-order valence-electron chi connectivity index (χ0n) is 15.3. The highest BCUT2D eigenvalue weighted by atomic mass is 16.5. The maximum atomic E-state index is 5.40. The van der Waals surface area contributed by atoms with Crippen LogP contribution in [0.1, 0.15) is 66.2 Å². The Balaban J connectivity index is 0.000000171. The molecule has 0 N–H and O–H groups in total. The first-order valence-electron chi connectivity index (χ1n) is 9.28. The first-order valence-corrected chi connectivity index (χ1v) is 9.28. The van der Waals surface area contributed by atoms with Crippen molar-refractivity contribution >= 4 is 0 Å². The average Bonchev–Trinajstić information content (AvgIpc) is 2.71. The summed E-state index contributed by atoms with van der Waals surface area (Å²) in [7, 11) is 4.45. The molecule has 21 heavy (non-hydrogen) atoms. The third kappa shape index (κ3) is 5.22. The molecule has 0 spiro atoms. The van der Waals surface area contributed by atoms with E-state index in [0.29, 0.717) is 12.2 Å². The van der Waals surface area contributed by atoms with Gasteiger partial charge >= 0.3 is 0 Å². The van der Waals surface area contributed by atoms with Gasteiger partial charge in [-0.15, -0.1) is 0 Å². The molecule has 5 aliphatic heterocycles. The van der Waals surface area contributed by atoms with Crippen LogP contribution in [0.4, 0.5) is 0 Å². The lowest BCUT2D eigenvalue weighted by atomic mass is 10.00. The lowest BCUT2D eigenvalue weighted by molar-refractivity contribution is -0.175. The van der Waals surface area contributed by atoms with Crippen molar-refractivity contribution in [2.24, 2.45) is 0 Å². The summed E-state index contributed by atoms with van der Waals surface area (Å²) < 4.78 is 5.40. The Morgan fingerprint density at radius 3 is 1.48 bits per heavy atom. The van der Waals surface area contributed by atoms with Crippen LogP contribution in [-0.4, -0.2) is 61.3 Å². The number of piperidine rings is 2. The second-order valence-electron chi connectivity index (χ2n) is 6.32. The van der Waals surface area contributed by atoms with Crippen LogP contribution in [0.2, 0.25) is 0 Å². The highest BCUT2D eigenvalue weighted by Gasteiger charge is 2.36. The number of rotatable bonds is 0. The van der Waals surface area contributed by atoms with E-state index in [4.69, 9.17) is 4.74 Å². The molecule has 4 atom stereocenters. The summed E-state index contributed by atoms with van der Waals surface area (Å²) in [4.78, 5) is 4.92. The van der Waals surface area contributed by atoms with E-state index in [0.717, 1.165) is 25.2 Å². The number of likely N-dealkylation sites (N-methyl/N-ethyl adjacent to an activating group) is 1. The minimum absolute atomic E-state index is 0.582. The molecule has 0 aromatic carbocycles. The molecule has 0 radical (unpaired) electrons. The molecule has 0 aromatic heterocycles. The van der Waals surface area contributed by atoms with Gasteiger partial charge in [-0.25, -0.2) is 0 Å². The van der Waals surface area contributed by atoms with E-state index in [-0.39, 0.29) is 0 Å². The number of ether oxygens (including phenoxy) is 1. The second kappa shape index (κ2) is 9.81. The lowest BCUT2D eigenvalue weighted by Crippen LogP contribution is -2.55. The third-order valence-corrected chi connectivity index (χ3v) is 5.00. The summed E-state index contributed by atoms with van der Waals surface area (Å²) in [6.07, 6.45) is 9.84. The molecule has 5 aliphatic rings. The summed E-state index contributed by atoms with van der Waals surface area (Å²) in [5, 5.41) is 0. The van der Waals surface area contributed by atoms with Crippen molar-refractivity contribution in [2.75, 3.05) is 27.2 Å². The van der Waals surface area contributed by atoms with Crippen LogP contribution in [-0.2, 0) is 4.74 Å². The third-order valence-electron chi connectivity index (χ3n) is 5.00. The molecule has 0 aromatic rings. The number of hydrogen-bond donors (Lipinski definition) is 0. The van der Waals surface area contributed by atoms with Crippen molar-refractivity contribution in [1.29, 1.82) is 0 Å². The lowest BCUT2D eigenvalue weighted by Gasteiger charge is -2.45. The van der Waals surface area contributed by atoms with Crippen LogP contribution >= 0.6 is 0 Å². The topological polar surface area (TPSA) is 15.7 Å². The van der Waals surface area contributed by atoms with Gasteiger partial charge in [-0.05, 0) is 39.8 Å². The molecular formula is C18H38N2O. The van der Waals surface area contributed by atoms with Crippen molar-refractivity contribution in [3.05, 3.63) is 0 Å². The molecule has 5 fully saturated rings. The Morgan fingerprint density at radius 2 is 1.19 bits per heavy atom. The van der Waals surface area contributed by atoms with Crippen LogP contribution in [0, 0.1) is 0 Å². The molecule has 0 aliphatic carbocycles. The standard InChI is InChI=1S/C8H15N.C6H11NO.2C2H6/c1-9-7-3-2-4-8(9)6-5-7;1-7-3-5-2-6(4-7)8-5;2*1-2/h7-8H,2-6H2,1H3;5-6H,2-4H2,1H3;2*1-2H3. The van der Waals surface area contributed by atoms with Gasteiger partial charge in [0.15, 0.2) is 0 Å². The molecule has 5 heterocycles. The van der Waals surface area contributed by atoms with Crippen molar-refractivity contribution < 1.29 is 4.74 Å². The van der Waals surface area contributed by atoms with E-state index in [1.165, 1.54) is 38.5 Å². The highest BCUT2D eigenvalue weighted by molar-refractivity contribution is 4.89. The smallest absolute Gasteiger partial charge is 0.0731 e. The number of morpholine rings is 1. The largest absolute Gasteiger partial charge is 0.372 e. The summed E-state index contributed by atoms with van der Waals surface area (Å²) in [6.45, 7) is 10.3. The van der Waals surface area contributed by atoms with E-state index in [1.807, 2.05) is 27.7 Å². The fourth-order valence-corrected chi connectivity index (χ4v) is 3.93. The van der Waals surface area contributed by atoms with Gasteiger partial charge in [-0.2, -0.15) is 0 Å². The minimum atomic E-state index is 0.582. The Hall–Kier alpha value is -0.120. The summed E-state index contributed by atoms with van der Waals surface area (Å²) in [6, 6.07) is 1.92. The maximum Gasteiger partial charge on any atom is 0.0731 e. The van der Waals surface area contributed by atoms with Crippen LogP contribution in [0.5, 0.6) is 0 Å². The highest BCUT2D eigenvalue weighted by Crippen LogP contribution is 2.33. The average molecular weight is 299 g/mol. The maximum absolute atomic E-state index is 5.40. The Kier molecular flexibility index (Phi) is 8.84. The molecule has 5 rings (SSSR count). The van der Waals surface area contributed by atoms with Crippen molar-refractivity contribution in [2.45, 2.75) is 90.5 Å². The van der Waals surface area contributed by atoms with Crippen molar-refractivity contribution in [3.63, 3.8) is 0 Å². The molecule has 0 amide bonds. The van der Waals surface area contributed by atoms with Gasteiger partial charge in [0, 0.05) is 31.6 Å². The van der Waals surface area contributed by atoms with Crippen LogP contribution < -0.4 is 0 Å². The van der Waals surface area contributed by atoms with Gasteiger partial charge in [-0.1, -0.05) is 34.1 Å². The van der Waals surface area contributed by atoms with E-state index in [2.05, 4.69) is 23.9 Å². The monoisotopic (exact) mass is 298 g/mol. The van der Waals surface area contributed by atoms with Crippen LogP contribution in [0.3, 0.4) is 0 Å². The molecule has 4 bridgehead atoms. The van der Waals surface area contributed by atoms with Gasteiger partial charge in [-0.3, -0.25) is 0 Å². The summed E-state index contributed by atoms with van der Waals surface area (Å²) in [5.41, 5.74) is 0. The predicted molar refractivity (Wildman–Crippen MR) is 91.9 cm³/mol. The Bertz CT molecular complexity index is 240. The van der Waals surface area contributed by atoms with Gasteiger partial charge in [0.25, 0.3) is 0 Å². The molecule has 3 heteroatoms. The molecule has 4 unspecified atom stereocenters. The normalized spacial score (nSPS) is 36.9. The number of hydrogen-bond acceptors (Lipinski definition) is 3. The summed E-state index contributed by atoms with van der Waals surface area (Å²) in [5.74, 6) is 0. The molecule has 5 saturated heterocycles. The van der Waals surface area contributed by atoms with Crippen molar-refractivity contribution in [1.82, 2.24) is 9.80 Å². The predicted octanol–water partition coefficient (Wildman–Crippen LogP) is 3.77. The quantitative estimate of drug-likeness (QED) is 0.677. The van der Waals surface area contributed by atoms with Crippen LogP contribution in [0.15, 0.2) is 0 Å². The molecule has 3 nitrogen and oxygen atoms in total. The first-order chi connectivity index (χ1) is 10.2. The Labute approximate surface area is 133 Å². The molecule has 0 saturated carbocycles. The Morgan fingerprint density at radius 1 is 0.762 bits per heavy atom. The molecule has 126 valence electrons. The zero-order chi connectivity index (χ0) is 15.8. The van der Waals surface area contributed by atoms with Gasteiger partial charge in [0.2, 0.25) is 0 Å². The molecular weight excluding hydrogens is 260 g/mol. The second-order valence-corrected chi connectivity index (χ2v) is 6.32. The first kappa shape index (κ1) is 18.9. The van der Waals surface area contributed by atoms with Gasteiger partial charge in [0.05, 0.1) is 12.2 Å². The van der Waals surface area contributed by atoms with Gasteiger partial charge < -0.3 is 14.5 Å². The van der Waals surface area contributed by atoms with Crippen LogP contribution in [0.25, 0.3) is 0 Å². The number of fused-ring (bicyclic) bond motifs is 4. The fraction of sp³-hybridized carbons (Fsp3) is 1.00. The van der Waals surface area contributed by atoms with E-state index in [9.17, 15) is 0 Å². The SMILES string of the molecule is CC.CC.CN1C2CCCC1CC2.CN1CC2CC(C1)O2. The zero-order valence-corrected chi connectivity index (χ0v) is 15.3. The van der Waals surface area contributed by atoms with Gasteiger partial charge in [0.1, 0.15) is 0 Å².